The maximum absolute atomic E-state index is 14.2. The van der Waals surface area contributed by atoms with Crippen LogP contribution in [0.1, 0.15) is 17.2 Å². The zero-order valence-electron chi connectivity index (χ0n) is 11.3. The Morgan fingerprint density at radius 2 is 1.76 bits per heavy atom. The van der Waals surface area contributed by atoms with Crippen molar-refractivity contribution in [3.05, 3.63) is 57.5 Å². The van der Waals surface area contributed by atoms with Gasteiger partial charge in [0.05, 0.1) is 6.04 Å². The highest BCUT2D eigenvalue weighted by Crippen LogP contribution is 2.33. The van der Waals surface area contributed by atoms with Crippen LogP contribution in [0.4, 0.5) is 13.2 Å². The van der Waals surface area contributed by atoms with Gasteiger partial charge in [-0.2, -0.15) is 11.3 Å². The summed E-state index contributed by atoms with van der Waals surface area (Å²) in [6, 6.07) is 3.13. The summed E-state index contributed by atoms with van der Waals surface area (Å²) in [7, 11) is 0. The van der Waals surface area contributed by atoms with Gasteiger partial charge in [0.1, 0.15) is 5.82 Å². The fourth-order valence-electron chi connectivity index (χ4n) is 2.71. The van der Waals surface area contributed by atoms with Crippen LogP contribution in [0, 0.1) is 17.5 Å². The first kappa shape index (κ1) is 14.6. The minimum Gasteiger partial charge on any atom is -0.314 e. The van der Waals surface area contributed by atoms with Crippen molar-refractivity contribution in [2.24, 2.45) is 0 Å². The Morgan fingerprint density at radius 1 is 1.05 bits per heavy atom. The molecule has 0 bridgehead atoms. The molecule has 0 amide bonds. The van der Waals surface area contributed by atoms with E-state index in [0.29, 0.717) is 6.07 Å². The number of nitrogens with one attached hydrogen (secondary N) is 1. The van der Waals surface area contributed by atoms with Gasteiger partial charge in [0.25, 0.3) is 0 Å². The number of thiophene rings is 1. The van der Waals surface area contributed by atoms with E-state index in [1.165, 1.54) is 11.3 Å². The number of halogens is 3. The Labute approximate surface area is 125 Å². The van der Waals surface area contributed by atoms with Crippen molar-refractivity contribution in [3.8, 4) is 0 Å². The second-order valence-corrected chi connectivity index (χ2v) is 5.81. The first-order valence-corrected chi connectivity index (χ1v) is 7.72. The molecule has 1 aromatic carbocycles. The fourth-order valence-corrected chi connectivity index (χ4v) is 3.38. The van der Waals surface area contributed by atoms with Gasteiger partial charge in [-0.05, 0) is 28.5 Å². The number of benzene rings is 1. The molecule has 2 heterocycles. The van der Waals surface area contributed by atoms with Crippen LogP contribution in [0.2, 0.25) is 0 Å². The molecule has 0 saturated carbocycles. The van der Waals surface area contributed by atoms with E-state index in [9.17, 15) is 13.2 Å². The Hall–Kier alpha value is -1.37. The van der Waals surface area contributed by atoms with Gasteiger partial charge in [0.15, 0.2) is 11.6 Å². The summed E-state index contributed by atoms with van der Waals surface area (Å²) in [6.45, 7) is 3.07. The molecule has 112 valence electrons. The third-order valence-corrected chi connectivity index (χ3v) is 4.41. The van der Waals surface area contributed by atoms with Crippen molar-refractivity contribution in [3.63, 3.8) is 0 Å². The highest BCUT2D eigenvalue weighted by molar-refractivity contribution is 7.08. The lowest BCUT2D eigenvalue weighted by Crippen LogP contribution is -2.45. The summed E-state index contributed by atoms with van der Waals surface area (Å²) in [5, 5.41) is 7.06. The number of rotatable bonds is 3. The van der Waals surface area contributed by atoms with E-state index in [2.05, 4.69) is 10.2 Å². The Balaban J connectivity index is 2.04. The van der Waals surface area contributed by atoms with Gasteiger partial charge in [0.2, 0.25) is 0 Å². The van der Waals surface area contributed by atoms with Crippen LogP contribution in [0.3, 0.4) is 0 Å². The molecule has 2 nitrogen and oxygen atoms in total. The van der Waals surface area contributed by atoms with Crippen LogP contribution in [0.15, 0.2) is 29.0 Å². The molecule has 6 heteroatoms. The van der Waals surface area contributed by atoms with E-state index in [1.807, 2.05) is 16.8 Å². The molecule has 0 unspecified atom stereocenters. The largest absolute Gasteiger partial charge is 0.314 e. The standard InChI is InChI=1S/C15H15F3N2S/c16-12-8-14(18)13(17)7-11(12)15(10-1-6-21-9-10)20-4-2-19-3-5-20/h1,6-9,15,19H,2-5H2/t15-/m0/s1. The summed E-state index contributed by atoms with van der Waals surface area (Å²) < 4.78 is 40.9. The summed E-state index contributed by atoms with van der Waals surface area (Å²) >= 11 is 1.51. The van der Waals surface area contributed by atoms with Crippen LogP contribution in [0.5, 0.6) is 0 Å². The van der Waals surface area contributed by atoms with E-state index in [-0.39, 0.29) is 11.6 Å². The quantitative estimate of drug-likeness (QED) is 0.876. The van der Waals surface area contributed by atoms with Gasteiger partial charge in [0, 0.05) is 37.8 Å². The summed E-state index contributed by atoms with van der Waals surface area (Å²) in [6.07, 6.45) is 0. The number of piperazine rings is 1. The molecule has 1 aliphatic rings. The zero-order valence-corrected chi connectivity index (χ0v) is 12.1. The molecule has 1 fully saturated rings. The molecule has 21 heavy (non-hydrogen) atoms. The number of hydrogen-bond donors (Lipinski definition) is 1. The topological polar surface area (TPSA) is 15.3 Å². The summed E-state index contributed by atoms with van der Waals surface area (Å²) in [5.74, 6) is -2.87. The molecular weight excluding hydrogens is 297 g/mol. The third kappa shape index (κ3) is 2.97. The summed E-state index contributed by atoms with van der Waals surface area (Å²) in [5.41, 5.74) is 1.10. The predicted molar refractivity (Wildman–Crippen MR) is 76.9 cm³/mol. The van der Waals surface area contributed by atoms with E-state index in [0.717, 1.165) is 37.8 Å². The van der Waals surface area contributed by atoms with Gasteiger partial charge < -0.3 is 5.32 Å². The fraction of sp³-hybridized carbons (Fsp3) is 0.333. The minimum atomic E-state index is -1.15. The van der Waals surface area contributed by atoms with Crippen LogP contribution in [-0.4, -0.2) is 31.1 Å². The van der Waals surface area contributed by atoms with Crippen molar-refractivity contribution in [1.82, 2.24) is 10.2 Å². The van der Waals surface area contributed by atoms with Crippen molar-refractivity contribution < 1.29 is 13.2 Å². The first-order valence-electron chi connectivity index (χ1n) is 6.78. The van der Waals surface area contributed by atoms with Gasteiger partial charge >= 0.3 is 0 Å². The Kier molecular flexibility index (Phi) is 4.28. The molecule has 0 spiro atoms. The maximum atomic E-state index is 14.2. The van der Waals surface area contributed by atoms with Crippen molar-refractivity contribution >= 4 is 11.3 Å². The maximum Gasteiger partial charge on any atom is 0.161 e. The van der Waals surface area contributed by atoms with Crippen molar-refractivity contribution in [2.75, 3.05) is 26.2 Å². The number of hydrogen-bond acceptors (Lipinski definition) is 3. The molecule has 1 N–H and O–H groups in total. The monoisotopic (exact) mass is 312 g/mol. The normalized spacial score (nSPS) is 17.9. The lowest BCUT2D eigenvalue weighted by atomic mass is 9.98. The van der Waals surface area contributed by atoms with E-state index >= 15 is 0 Å². The molecule has 1 aromatic heterocycles. The molecule has 1 atom stereocenters. The first-order chi connectivity index (χ1) is 10.2. The Bertz CT molecular complexity index is 610. The van der Waals surface area contributed by atoms with E-state index < -0.39 is 17.5 Å². The highest BCUT2D eigenvalue weighted by atomic mass is 32.1. The molecule has 0 aliphatic carbocycles. The zero-order chi connectivity index (χ0) is 14.8. The summed E-state index contributed by atoms with van der Waals surface area (Å²) in [4.78, 5) is 2.09. The second kappa shape index (κ2) is 6.17. The van der Waals surface area contributed by atoms with Crippen LogP contribution in [-0.2, 0) is 0 Å². The minimum absolute atomic E-state index is 0.189. The average molecular weight is 312 g/mol. The smallest absolute Gasteiger partial charge is 0.161 e. The molecule has 1 aliphatic heterocycles. The van der Waals surface area contributed by atoms with Gasteiger partial charge in [-0.3, -0.25) is 4.90 Å². The lowest BCUT2D eigenvalue weighted by Gasteiger charge is -2.35. The molecular formula is C15H15F3N2S. The third-order valence-electron chi connectivity index (χ3n) is 3.71. The van der Waals surface area contributed by atoms with Crippen molar-refractivity contribution in [2.45, 2.75) is 6.04 Å². The molecule has 3 rings (SSSR count). The van der Waals surface area contributed by atoms with Crippen LogP contribution < -0.4 is 5.32 Å². The van der Waals surface area contributed by atoms with Gasteiger partial charge in [-0.15, -0.1) is 0 Å². The highest BCUT2D eigenvalue weighted by Gasteiger charge is 2.27. The Morgan fingerprint density at radius 3 is 2.43 bits per heavy atom. The second-order valence-electron chi connectivity index (χ2n) is 5.03. The van der Waals surface area contributed by atoms with E-state index in [1.54, 1.807) is 0 Å². The SMILES string of the molecule is Fc1cc(F)c([C@H](c2ccsc2)N2CCNCC2)cc1F. The van der Waals surface area contributed by atoms with Gasteiger partial charge in [-0.1, -0.05) is 0 Å². The number of nitrogens with zero attached hydrogens (tertiary/aromatic N) is 1. The molecule has 1 saturated heterocycles. The van der Waals surface area contributed by atoms with E-state index in [4.69, 9.17) is 0 Å². The molecule has 2 aromatic rings. The lowest BCUT2D eigenvalue weighted by molar-refractivity contribution is 0.195. The van der Waals surface area contributed by atoms with Crippen molar-refractivity contribution in [1.29, 1.82) is 0 Å². The van der Waals surface area contributed by atoms with Crippen LogP contribution >= 0.6 is 11.3 Å². The van der Waals surface area contributed by atoms with Crippen LogP contribution in [0.25, 0.3) is 0 Å². The molecule has 0 radical (unpaired) electrons. The average Bonchev–Trinajstić information content (AvgIpc) is 3.00. The predicted octanol–water partition coefficient (Wildman–Crippen LogP) is 3.16. The van der Waals surface area contributed by atoms with Gasteiger partial charge in [-0.25, -0.2) is 13.2 Å².